The molecule has 0 aliphatic rings. The number of hydrogen-bond donors (Lipinski definition) is 1. The third-order valence-electron chi connectivity index (χ3n) is 3.77. The lowest BCUT2D eigenvalue weighted by molar-refractivity contribution is 0.0778. The smallest absolute Gasteiger partial charge is 0.223 e. The zero-order chi connectivity index (χ0) is 16.9. The van der Waals surface area contributed by atoms with Crippen LogP contribution in [-0.4, -0.2) is 20.1 Å². The summed E-state index contributed by atoms with van der Waals surface area (Å²) in [6, 6.07) is 0. The minimum atomic E-state index is -0.993. The van der Waals surface area contributed by atoms with E-state index < -0.39 is 11.4 Å². The number of hydrogen-bond acceptors (Lipinski definition) is 5. The van der Waals surface area contributed by atoms with Crippen molar-refractivity contribution in [2.45, 2.75) is 33.3 Å². The monoisotopic (exact) mass is 351 g/mol. The Morgan fingerprint density at radius 2 is 1.87 bits per heavy atom. The molecule has 0 unspecified atom stereocenters. The zero-order valence-corrected chi connectivity index (χ0v) is 14.7. The van der Waals surface area contributed by atoms with Crippen molar-refractivity contribution in [2.24, 2.45) is 0 Å². The van der Waals surface area contributed by atoms with Crippen molar-refractivity contribution in [3.63, 3.8) is 0 Å². The fourth-order valence-electron chi connectivity index (χ4n) is 2.61. The number of fused-ring (bicyclic) bond motifs is 1. The molecule has 120 valence electrons. The average Bonchev–Trinajstić information content (AvgIpc) is 2.79. The molecule has 0 aliphatic heterocycles. The van der Waals surface area contributed by atoms with E-state index in [2.05, 4.69) is 15.0 Å². The van der Waals surface area contributed by atoms with Gasteiger partial charge >= 0.3 is 0 Å². The molecule has 0 fully saturated rings. The van der Waals surface area contributed by atoms with Crippen molar-refractivity contribution in [3.05, 3.63) is 40.2 Å². The highest BCUT2D eigenvalue weighted by molar-refractivity contribution is 7.22. The first kappa shape index (κ1) is 16.2. The third kappa shape index (κ3) is 2.71. The number of nitrogens with zero attached hydrogens (tertiary/aromatic N) is 3. The number of halogens is 2. The normalized spacial score (nSPS) is 12.1. The molecule has 0 amide bonds. The molecule has 3 rings (SSSR count). The van der Waals surface area contributed by atoms with Gasteiger partial charge in [0.05, 0.1) is 26.9 Å². The van der Waals surface area contributed by atoms with E-state index in [1.807, 2.05) is 13.8 Å². The molecule has 3 heterocycles. The Kier molecular flexibility index (Phi) is 3.86. The van der Waals surface area contributed by atoms with Crippen molar-refractivity contribution in [1.82, 2.24) is 15.0 Å². The highest BCUT2D eigenvalue weighted by atomic mass is 35.5. The van der Waals surface area contributed by atoms with Crippen molar-refractivity contribution < 1.29 is 9.50 Å². The van der Waals surface area contributed by atoms with Gasteiger partial charge in [0.15, 0.2) is 5.82 Å². The Labute approximate surface area is 142 Å². The molecule has 0 aliphatic carbocycles. The van der Waals surface area contributed by atoms with Crippen molar-refractivity contribution >= 4 is 33.2 Å². The quantitative estimate of drug-likeness (QED) is 0.695. The van der Waals surface area contributed by atoms with E-state index in [4.69, 9.17) is 11.6 Å². The molecule has 0 aromatic carbocycles. The average molecular weight is 352 g/mol. The van der Waals surface area contributed by atoms with Crippen LogP contribution in [0.1, 0.15) is 30.5 Å². The Morgan fingerprint density at radius 1 is 1.17 bits per heavy atom. The standard InChI is InChI=1S/C16H15ClFN3OS/c1-7-9(16(3,4)22)5-19-11-8(2)14(23-13(7)11)12-10(18)6-20-15(17)21-12/h5-6,22H,1-4H3. The summed E-state index contributed by atoms with van der Waals surface area (Å²) in [5, 5.41) is 10.3. The zero-order valence-electron chi connectivity index (χ0n) is 13.1. The van der Waals surface area contributed by atoms with Crippen molar-refractivity contribution in [2.75, 3.05) is 0 Å². The molecule has 0 atom stereocenters. The van der Waals surface area contributed by atoms with Gasteiger partial charge in [-0.15, -0.1) is 11.3 Å². The van der Waals surface area contributed by atoms with E-state index in [0.29, 0.717) is 4.88 Å². The molecule has 7 heteroatoms. The summed E-state index contributed by atoms with van der Waals surface area (Å²) in [7, 11) is 0. The van der Waals surface area contributed by atoms with Crippen LogP contribution in [-0.2, 0) is 5.60 Å². The van der Waals surface area contributed by atoms with Gasteiger partial charge < -0.3 is 5.11 Å². The van der Waals surface area contributed by atoms with Crippen molar-refractivity contribution in [3.8, 4) is 10.6 Å². The summed E-state index contributed by atoms with van der Waals surface area (Å²) in [6.45, 7) is 7.24. The lowest BCUT2D eigenvalue weighted by Crippen LogP contribution is -2.17. The Morgan fingerprint density at radius 3 is 2.52 bits per heavy atom. The highest BCUT2D eigenvalue weighted by Crippen LogP contribution is 2.40. The van der Waals surface area contributed by atoms with Crippen LogP contribution in [0, 0.1) is 19.7 Å². The Balaban J connectivity index is 2.31. The third-order valence-corrected chi connectivity index (χ3v) is 5.36. The maximum atomic E-state index is 14.1. The summed E-state index contributed by atoms with van der Waals surface area (Å²) in [4.78, 5) is 12.8. The van der Waals surface area contributed by atoms with Crippen molar-refractivity contribution in [1.29, 1.82) is 0 Å². The predicted octanol–water partition coefficient (Wildman–Crippen LogP) is 4.39. The van der Waals surface area contributed by atoms with Gasteiger partial charge in [0, 0.05) is 11.8 Å². The van der Waals surface area contributed by atoms with Crippen LogP contribution in [0.5, 0.6) is 0 Å². The van der Waals surface area contributed by atoms with Crippen LogP contribution in [0.25, 0.3) is 20.8 Å². The van der Waals surface area contributed by atoms with Crippen LogP contribution in [0.2, 0.25) is 5.28 Å². The lowest BCUT2D eigenvalue weighted by atomic mass is 9.95. The Hall–Kier alpha value is -1.63. The maximum Gasteiger partial charge on any atom is 0.223 e. The molecule has 4 nitrogen and oxygen atoms in total. The van der Waals surface area contributed by atoms with Gasteiger partial charge in [-0.25, -0.2) is 14.4 Å². The molecular formula is C16H15ClFN3OS. The van der Waals surface area contributed by atoms with Crippen LogP contribution in [0.3, 0.4) is 0 Å². The fraction of sp³-hybridized carbons (Fsp3) is 0.312. The summed E-state index contributed by atoms with van der Waals surface area (Å²) in [5.41, 5.74) is 2.48. The van der Waals surface area contributed by atoms with Gasteiger partial charge in [0.2, 0.25) is 5.28 Å². The van der Waals surface area contributed by atoms with Gasteiger partial charge in [-0.05, 0) is 50.4 Å². The van der Waals surface area contributed by atoms with Crippen LogP contribution < -0.4 is 0 Å². The highest BCUT2D eigenvalue weighted by Gasteiger charge is 2.24. The first-order valence-electron chi connectivity index (χ1n) is 7.00. The number of aromatic nitrogens is 3. The summed E-state index contributed by atoms with van der Waals surface area (Å²) in [6.07, 6.45) is 2.74. The number of aliphatic hydroxyl groups is 1. The number of pyridine rings is 1. The first-order valence-corrected chi connectivity index (χ1v) is 8.19. The second kappa shape index (κ2) is 5.47. The second-order valence-electron chi connectivity index (χ2n) is 5.93. The van der Waals surface area contributed by atoms with Crippen LogP contribution in [0.15, 0.2) is 12.4 Å². The maximum absolute atomic E-state index is 14.1. The largest absolute Gasteiger partial charge is 0.386 e. The number of rotatable bonds is 2. The molecule has 0 saturated heterocycles. The molecule has 1 N–H and O–H groups in total. The molecule has 0 saturated carbocycles. The molecule has 0 radical (unpaired) electrons. The summed E-state index contributed by atoms with van der Waals surface area (Å²) < 4.78 is 15.0. The van der Waals surface area contributed by atoms with Crippen LogP contribution >= 0.6 is 22.9 Å². The molecule has 23 heavy (non-hydrogen) atoms. The predicted molar refractivity (Wildman–Crippen MR) is 90.3 cm³/mol. The fourth-order valence-corrected chi connectivity index (χ4v) is 4.00. The molecule has 0 bridgehead atoms. The van der Waals surface area contributed by atoms with Gasteiger partial charge in [-0.3, -0.25) is 4.98 Å². The van der Waals surface area contributed by atoms with E-state index in [-0.39, 0.29) is 11.0 Å². The van der Waals surface area contributed by atoms with Crippen LogP contribution in [0.4, 0.5) is 4.39 Å². The first-order chi connectivity index (χ1) is 10.7. The molecule has 3 aromatic rings. The SMILES string of the molecule is Cc1c(-c2nc(Cl)ncc2F)sc2c(C)c(C(C)(C)O)cnc12. The van der Waals surface area contributed by atoms with E-state index >= 15 is 0 Å². The Bertz CT molecular complexity index is 918. The molecule has 3 aromatic heterocycles. The van der Waals surface area contributed by atoms with Gasteiger partial charge in [0.1, 0.15) is 5.69 Å². The lowest BCUT2D eigenvalue weighted by Gasteiger charge is -2.19. The van der Waals surface area contributed by atoms with Gasteiger partial charge in [-0.1, -0.05) is 0 Å². The topological polar surface area (TPSA) is 58.9 Å². The summed E-state index contributed by atoms with van der Waals surface area (Å²) in [5.74, 6) is -0.524. The van der Waals surface area contributed by atoms with E-state index in [9.17, 15) is 9.50 Å². The minimum Gasteiger partial charge on any atom is -0.386 e. The number of aryl methyl sites for hydroxylation is 2. The summed E-state index contributed by atoms with van der Waals surface area (Å²) >= 11 is 7.20. The minimum absolute atomic E-state index is 0.000109. The molecular weight excluding hydrogens is 337 g/mol. The molecule has 0 spiro atoms. The second-order valence-corrected chi connectivity index (χ2v) is 7.28. The van der Waals surface area contributed by atoms with E-state index in [1.165, 1.54) is 11.3 Å². The van der Waals surface area contributed by atoms with Gasteiger partial charge in [-0.2, -0.15) is 0 Å². The van der Waals surface area contributed by atoms with E-state index in [1.54, 1.807) is 20.0 Å². The number of thiophene rings is 1. The van der Waals surface area contributed by atoms with Gasteiger partial charge in [0.25, 0.3) is 0 Å². The van der Waals surface area contributed by atoms with E-state index in [0.717, 1.165) is 33.1 Å².